The standard InChI is InChI=1S/C31H39N3O4S/c1-4-28(31(36)32-26-17-6-5-7-18-26)33(21-25-15-9-8-13-23(25)2)30(35)22-34(39(3,37)38)29-20-12-16-24-14-10-11-19-27(24)29/h8-16,19-20,26,28H,4-7,17-18,21-22H2,1-3H3,(H,32,36)/t28-/m1/s1. The van der Waals surface area contributed by atoms with Gasteiger partial charge in [-0.25, -0.2) is 8.42 Å². The maximum Gasteiger partial charge on any atom is 0.244 e. The average Bonchev–Trinajstić information content (AvgIpc) is 2.92. The van der Waals surface area contributed by atoms with Crippen LogP contribution in [0, 0.1) is 6.92 Å². The highest BCUT2D eigenvalue weighted by Crippen LogP contribution is 2.29. The normalized spacial score (nSPS) is 15.1. The number of carbonyl (C=O) groups is 2. The van der Waals surface area contributed by atoms with Crippen molar-refractivity contribution in [1.82, 2.24) is 10.2 Å². The molecular formula is C31H39N3O4S. The molecule has 2 amide bonds. The number of hydrogen-bond donors (Lipinski definition) is 1. The number of aryl methyl sites for hydroxylation is 1. The van der Waals surface area contributed by atoms with Gasteiger partial charge in [0.05, 0.1) is 11.9 Å². The number of benzene rings is 3. The highest BCUT2D eigenvalue weighted by Gasteiger charge is 2.33. The molecule has 1 saturated carbocycles. The Hall–Kier alpha value is -3.39. The van der Waals surface area contributed by atoms with Crippen LogP contribution in [0.15, 0.2) is 66.7 Å². The van der Waals surface area contributed by atoms with Crippen molar-refractivity contribution >= 4 is 38.3 Å². The molecule has 3 aromatic carbocycles. The lowest BCUT2D eigenvalue weighted by molar-refractivity contribution is -0.140. The summed E-state index contributed by atoms with van der Waals surface area (Å²) < 4.78 is 27.3. The number of hydrogen-bond acceptors (Lipinski definition) is 4. The zero-order valence-corrected chi connectivity index (χ0v) is 23.9. The fourth-order valence-electron chi connectivity index (χ4n) is 5.46. The van der Waals surface area contributed by atoms with Gasteiger partial charge in [0.2, 0.25) is 21.8 Å². The smallest absolute Gasteiger partial charge is 0.244 e. The number of anilines is 1. The number of nitrogens with one attached hydrogen (secondary N) is 1. The van der Waals surface area contributed by atoms with Gasteiger partial charge in [-0.1, -0.05) is 86.8 Å². The van der Waals surface area contributed by atoms with Crippen LogP contribution in [0.5, 0.6) is 0 Å². The minimum Gasteiger partial charge on any atom is -0.352 e. The lowest BCUT2D eigenvalue weighted by atomic mass is 9.95. The van der Waals surface area contributed by atoms with Crippen molar-refractivity contribution in [2.45, 2.75) is 71.0 Å². The molecule has 0 heterocycles. The predicted octanol–water partition coefficient (Wildman–Crippen LogP) is 5.17. The summed E-state index contributed by atoms with van der Waals surface area (Å²) in [6.07, 6.45) is 6.76. The van der Waals surface area contributed by atoms with E-state index >= 15 is 0 Å². The van der Waals surface area contributed by atoms with E-state index in [9.17, 15) is 18.0 Å². The molecule has 208 valence electrons. The number of amides is 2. The molecule has 0 aromatic heterocycles. The van der Waals surface area contributed by atoms with E-state index < -0.39 is 28.5 Å². The fourth-order valence-corrected chi connectivity index (χ4v) is 6.32. The molecule has 3 aromatic rings. The quantitative estimate of drug-likeness (QED) is 0.378. The minimum absolute atomic E-state index is 0.110. The molecule has 39 heavy (non-hydrogen) atoms. The van der Waals surface area contributed by atoms with E-state index in [2.05, 4.69) is 5.32 Å². The highest BCUT2D eigenvalue weighted by atomic mass is 32.2. The number of nitrogens with zero attached hydrogens (tertiary/aromatic N) is 2. The first-order valence-electron chi connectivity index (χ1n) is 13.8. The first kappa shape index (κ1) is 28.6. The molecule has 8 heteroatoms. The van der Waals surface area contributed by atoms with Gasteiger partial charge in [-0.05, 0) is 48.8 Å². The maximum absolute atomic E-state index is 14.1. The van der Waals surface area contributed by atoms with Gasteiger partial charge < -0.3 is 10.2 Å². The monoisotopic (exact) mass is 549 g/mol. The van der Waals surface area contributed by atoms with Gasteiger partial charge >= 0.3 is 0 Å². The Morgan fingerprint density at radius 3 is 2.31 bits per heavy atom. The van der Waals surface area contributed by atoms with Crippen LogP contribution in [0.2, 0.25) is 0 Å². The van der Waals surface area contributed by atoms with Crippen molar-refractivity contribution < 1.29 is 18.0 Å². The summed E-state index contributed by atoms with van der Waals surface area (Å²) in [6, 6.07) is 20.1. The van der Waals surface area contributed by atoms with Crippen LogP contribution in [0.4, 0.5) is 5.69 Å². The van der Waals surface area contributed by atoms with Crippen molar-refractivity contribution in [3.8, 4) is 0 Å². The summed E-state index contributed by atoms with van der Waals surface area (Å²) in [7, 11) is -3.81. The van der Waals surface area contributed by atoms with Crippen molar-refractivity contribution in [1.29, 1.82) is 0 Å². The largest absolute Gasteiger partial charge is 0.352 e. The minimum atomic E-state index is -3.81. The van der Waals surface area contributed by atoms with E-state index in [-0.39, 0.29) is 18.5 Å². The Bertz CT molecular complexity index is 1410. The fraction of sp³-hybridized carbons (Fsp3) is 0.419. The number of carbonyl (C=O) groups excluding carboxylic acids is 2. The third-order valence-corrected chi connectivity index (χ3v) is 8.78. The Labute approximate surface area is 232 Å². The lowest BCUT2D eigenvalue weighted by Gasteiger charge is -2.34. The summed E-state index contributed by atoms with van der Waals surface area (Å²) >= 11 is 0. The van der Waals surface area contributed by atoms with Crippen LogP contribution in [0.3, 0.4) is 0 Å². The van der Waals surface area contributed by atoms with Crippen LogP contribution >= 0.6 is 0 Å². The van der Waals surface area contributed by atoms with Gasteiger partial charge in [0, 0.05) is 18.0 Å². The summed E-state index contributed by atoms with van der Waals surface area (Å²) in [6.45, 7) is 3.68. The Morgan fingerprint density at radius 2 is 1.62 bits per heavy atom. The van der Waals surface area contributed by atoms with Gasteiger partial charge in [0.25, 0.3) is 0 Å². The summed E-state index contributed by atoms with van der Waals surface area (Å²) in [4.78, 5) is 29.2. The number of fused-ring (bicyclic) bond motifs is 1. The predicted molar refractivity (Wildman–Crippen MR) is 157 cm³/mol. The molecule has 1 N–H and O–H groups in total. The zero-order valence-electron chi connectivity index (χ0n) is 23.1. The second-order valence-corrected chi connectivity index (χ2v) is 12.4. The molecule has 0 saturated heterocycles. The second-order valence-electron chi connectivity index (χ2n) is 10.5. The van der Waals surface area contributed by atoms with E-state index in [1.807, 2.05) is 68.4 Å². The summed E-state index contributed by atoms with van der Waals surface area (Å²) in [5.41, 5.74) is 2.37. The van der Waals surface area contributed by atoms with Gasteiger partial charge in [0.15, 0.2) is 0 Å². The summed E-state index contributed by atoms with van der Waals surface area (Å²) in [5, 5.41) is 4.80. The van der Waals surface area contributed by atoms with Gasteiger partial charge in [-0.15, -0.1) is 0 Å². The van der Waals surface area contributed by atoms with Crippen LogP contribution in [-0.2, 0) is 26.2 Å². The first-order chi connectivity index (χ1) is 18.7. The van der Waals surface area contributed by atoms with Crippen LogP contribution < -0.4 is 9.62 Å². The SMILES string of the molecule is CC[C@H](C(=O)NC1CCCCC1)N(Cc1ccccc1C)C(=O)CN(c1cccc2ccccc12)S(C)(=O)=O. The van der Waals surface area contributed by atoms with Crippen molar-refractivity contribution in [3.05, 3.63) is 77.9 Å². The molecule has 1 fully saturated rings. The van der Waals surface area contributed by atoms with Crippen molar-refractivity contribution in [2.24, 2.45) is 0 Å². The lowest BCUT2D eigenvalue weighted by Crippen LogP contribution is -2.54. The van der Waals surface area contributed by atoms with Crippen LogP contribution in [0.1, 0.15) is 56.6 Å². The maximum atomic E-state index is 14.1. The Morgan fingerprint density at radius 1 is 0.949 bits per heavy atom. The van der Waals surface area contributed by atoms with Crippen LogP contribution in [0.25, 0.3) is 10.8 Å². The molecule has 0 unspecified atom stereocenters. The molecule has 0 bridgehead atoms. The molecule has 0 radical (unpaired) electrons. The van der Waals surface area contributed by atoms with Crippen molar-refractivity contribution in [2.75, 3.05) is 17.1 Å². The zero-order chi connectivity index (χ0) is 28.0. The van der Waals surface area contributed by atoms with Crippen molar-refractivity contribution in [3.63, 3.8) is 0 Å². The molecule has 1 atom stereocenters. The van der Waals surface area contributed by atoms with Gasteiger partial charge in [-0.3, -0.25) is 13.9 Å². The second kappa shape index (κ2) is 12.6. The molecule has 0 spiro atoms. The molecule has 1 aliphatic carbocycles. The van der Waals surface area contributed by atoms with Gasteiger partial charge in [-0.2, -0.15) is 0 Å². The molecule has 0 aliphatic heterocycles. The van der Waals surface area contributed by atoms with E-state index in [0.29, 0.717) is 12.1 Å². The van der Waals surface area contributed by atoms with E-state index in [1.54, 1.807) is 17.0 Å². The van der Waals surface area contributed by atoms with Gasteiger partial charge in [0.1, 0.15) is 12.6 Å². The summed E-state index contributed by atoms with van der Waals surface area (Å²) in [5.74, 6) is -0.593. The molecule has 1 aliphatic rings. The first-order valence-corrected chi connectivity index (χ1v) is 15.6. The third-order valence-electron chi connectivity index (χ3n) is 7.65. The molecule has 7 nitrogen and oxygen atoms in total. The topological polar surface area (TPSA) is 86.8 Å². The molecular weight excluding hydrogens is 510 g/mol. The highest BCUT2D eigenvalue weighted by molar-refractivity contribution is 7.92. The van der Waals surface area contributed by atoms with E-state index in [1.165, 1.54) is 6.42 Å². The molecule has 4 rings (SSSR count). The third kappa shape index (κ3) is 6.98. The number of sulfonamides is 1. The van der Waals surface area contributed by atoms with Crippen LogP contribution in [-0.4, -0.2) is 50.0 Å². The average molecular weight is 550 g/mol. The number of rotatable bonds is 10. The van der Waals surface area contributed by atoms with E-state index in [4.69, 9.17) is 0 Å². The Balaban J connectivity index is 1.68. The van der Waals surface area contributed by atoms with E-state index in [0.717, 1.165) is 58.1 Å². The Kier molecular flexibility index (Phi) is 9.28.